The number of alkyl carbamates (subject to hydrolysis) is 1. The predicted molar refractivity (Wildman–Crippen MR) is 88.4 cm³/mol. The van der Waals surface area contributed by atoms with E-state index in [2.05, 4.69) is 10.1 Å². The third-order valence-electron chi connectivity index (χ3n) is 3.15. The lowest BCUT2D eigenvalue weighted by molar-refractivity contribution is -0.143. The Morgan fingerprint density at radius 1 is 1.12 bits per heavy atom. The largest absolute Gasteiger partial charge is 0.493 e. The van der Waals surface area contributed by atoms with Gasteiger partial charge in [0.05, 0.1) is 21.3 Å². The topological polar surface area (TPSA) is 83.1 Å². The smallest absolute Gasteiger partial charge is 0.408 e. The fourth-order valence-electron chi connectivity index (χ4n) is 2.06. The summed E-state index contributed by atoms with van der Waals surface area (Å²) < 4.78 is 34.2. The van der Waals surface area contributed by atoms with Crippen LogP contribution in [0.2, 0.25) is 0 Å². The molecule has 0 aliphatic rings. The minimum atomic E-state index is -1.12. The van der Waals surface area contributed by atoms with Crippen LogP contribution >= 0.6 is 0 Å². The van der Waals surface area contributed by atoms with Crippen LogP contribution < -0.4 is 14.8 Å². The van der Waals surface area contributed by atoms with Gasteiger partial charge in [0.2, 0.25) is 0 Å². The molecule has 1 amide bonds. The Hall–Kier alpha value is -2.51. The summed E-state index contributed by atoms with van der Waals surface area (Å²) in [6, 6.07) is 1.43. The standard InChI is InChI=1S/C17H24FNO6/c1-17(2,3)25-16(21)19-12(15(20)24-6)7-10-8-13(22-4)14(23-5)9-11(10)18/h8-9,12H,7H2,1-6H3,(H,19,21)/t12-/m1/s1. The van der Waals surface area contributed by atoms with E-state index in [1.54, 1.807) is 20.8 Å². The maximum absolute atomic E-state index is 14.3. The molecule has 0 fully saturated rings. The highest BCUT2D eigenvalue weighted by Crippen LogP contribution is 2.30. The van der Waals surface area contributed by atoms with Crippen LogP contribution in [0.1, 0.15) is 26.3 Å². The minimum Gasteiger partial charge on any atom is -0.493 e. The Bertz CT molecular complexity index is 626. The first-order valence-corrected chi connectivity index (χ1v) is 7.59. The number of ether oxygens (including phenoxy) is 4. The second kappa shape index (κ2) is 8.55. The number of hydrogen-bond acceptors (Lipinski definition) is 6. The van der Waals surface area contributed by atoms with Gasteiger partial charge in [0, 0.05) is 12.5 Å². The van der Waals surface area contributed by atoms with Crippen molar-refractivity contribution >= 4 is 12.1 Å². The summed E-state index contributed by atoms with van der Waals surface area (Å²) in [5.74, 6) is -0.796. The molecule has 1 rings (SSSR count). The van der Waals surface area contributed by atoms with Crippen molar-refractivity contribution in [3.63, 3.8) is 0 Å². The predicted octanol–water partition coefficient (Wildman–Crippen LogP) is 2.45. The van der Waals surface area contributed by atoms with Crippen molar-refractivity contribution in [1.29, 1.82) is 0 Å². The second-order valence-corrected chi connectivity index (χ2v) is 6.22. The molecule has 0 aliphatic heterocycles. The molecule has 0 bridgehead atoms. The Morgan fingerprint density at radius 2 is 1.68 bits per heavy atom. The Kier molecular flexibility index (Phi) is 7.02. The van der Waals surface area contributed by atoms with Crippen molar-refractivity contribution in [2.75, 3.05) is 21.3 Å². The van der Waals surface area contributed by atoms with Gasteiger partial charge in [0.15, 0.2) is 11.5 Å². The van der Waals surface area contributed by atoms with E-state index in [1.165, 1.54) is 27.4 Å². The third-order valence-corrected chi connectivity index (χ3v) is 3.15. The first kappa shape index (κ1) is 20.5. The maximum Gasteiger partial charge on any atom is 0.408 e. The van der Waals surface area contributed by atoms with Gasteiger partial charge in [-0.15, -0.1) is 0 Å². The van der Waals surface area contributed by atoms with E-state index in [0.717, 1.165) is 6.07 Å². The minimum absolute atomic E-state index is 0.141. The summed E-state index contributed by atoms with van der Waals surface area (Å²) in [5, 5.41) is 2.39. The number of benzene rings is 1. The van der Waals surface area contributed by atoms with Crippen LogP contribution in [0.4, 0.5) is 9.18 Å². The van der Waals surface area contributed by atoms with Gasteiger partial charge in [-0.2, -0.15) is 0 Å². The summed E-state index contributed by atoms with van der Waals surface area (Å²) >= 11 is 0. The first-order chi connectivity index (χ1) is 11.6. The lowest BCUT2D eigenvalue weighted by Gasteiger charge is -2.23. The summed E-state index contributed by atoms with van der Waals surface area (Å²) in [7, 11) is 3.98. The van der Waals surface area contributed by atoms with Gasteiger partial charge >= 0.3 is 12.1 Å². The molecule has 0 saturated heterocycles. The van der Waals surface area contributed by atoms with Crippen LogP contribution in [0.3, 0.4) is 0 Å². The van der Waals surface area contributed by atoms with Gasteiger partial charge in [-0.05, 0) is 32.4 Å². The number of nitrogens with one attached hydrogen (secondary N) is 1. The number of rotatable bonds is 6. The van der Waals surface area contributed by atoms with Gasteiger partial charge in [0.1, 0.15) is 17.5 Å². The van der Waals surface area contributed by atoms with Crippen LogP contribution in [0.25, 0.3) is 0 Å². The van der Waals surface area contributed by atoms with Crippen molar-refractivity contribution in [2.45, 2.75) is 38.8 Å². The van der Waals surface area contributed by atoms with E-state index >= 15 is 0 Å². The van der Waals surface area contributed by atoms with E-state index in [4.69, 9.17) is 14.2 Å². The van der Waals surface area contributed by atoms with E-state index in [0.29, 0.717) is 5.75 Å². The van der Waals surface area contributed by atoms with Gasteiger partial charge in [0.25, 0.3) is 0 Å². The Balaban J connectivity index is 3.03. The molecule has 0 spiro atoms. The van der Waals surface area contributed by atoms with Crippen LogP contribution in [0.15, 0.2) is 12.1 Å². The highest BCUT2D eigenvalue weighted by Gasteiger charge is 2.27. The number of carbonyl (C=O) groups is 2. The Labute approximate surface area is 146 Å². The van der Waals surface area contributed by atoms with Crippen LogP contribution in [-0.2, 0) is 20.7 Å². The number of hydrogen-bond donors (Lipinski definition) is 1. The zero-order valence-electron chi connectivity index (χ0n) is 15.3. The molecule has 1 N–H and O–H groups in total. The number of carbonyl (C=O) groups excluding carboxylic acids is 2. The molecule has 8 heteroatoms. The molecule has 0 unspecified atom stereocenters. The molecule has 0 heterocycles. The fourth-order valence-corrected chi connectivity index (χ4v) is 2.06. The summed E-state index contributed by atoms with van der Waals surface area (Å²) in [6.07, 6.45) is -0.943. The summed E-state index contributed by atoms with van der Waals surface area (Å²) in [4.78, 5) is 23.8. The third kappa shape index (κ3) is 6.13. The maximum atomic E-state index is 14.3. The number of esters is 1. The van der Waals surface area contributed by atoms with Crippen molar-refractivity contribution in [3.8, 4) is 11.5 Å². The van der Waals surface area contributed by atoms with E-state index in [1.807, 2.05) is 0 Å². The second-order valence-electron chi connectivity index (χ2n) is 6.22. The van der Waals surface area contributed by atoms with Gasteiger partial charge in [-0.3, -0.25) is 0 Å². The molecule has 1 aromatic carbocycles. The van der Waals surface area contributed by atoms with Gasteiger partial charge in [-0.1, -0.05) is 0 Å². The zero-order chi connectivity index (χ0) is 19.2. The SMILES string of the molecule is COC(=O)[C@@H](Cc1cc(OC)c(OC)cc1F)NC(=O)OC(C)(C)C. The van der Waals surface area contributed by atoms with Gasteiger partial charge in [-0.25, -0.2) is 14.0 Å². The van der Waals surface area contributed by atoms with Gasteiger partial charge < -0.3 is 24.3 Å². The molecule has 0 aromatic heterocycles. The molecule has 25 heavy (non-hydrogen) atoms. The molecule has 0 saturated carbocycles. The first-order valence-electron chi connectivity index (χ1n) is 7.59. The zero-order valence-corrected chi connectivity index (χ0v) is 15.3. The van der Waals surface area contributed by atoms with E-state index in [-0.39, 0.29) is 17.7 Å². The lowest BCUT2D eigenvalue weighted by atomic mass is 10.0. The van der Waals surface area contributed by atoms with Crippen molar-refractivity contribution in [2.24, 2.45) is 0 Å². The molecule has 140 valence electrons. The molecule has 0 radical (unpaired) electrons. The lowest BCUT2D eigenvalue weighted by Crippen LogP contribution is -2.45. The molecule has 7 nitrogen and oxygen atoms in total. The average molecular weight is 357 g/mol. The normalized spacial score (nSPS) is 12.1. The number of halogens is 1. The van der Waals surface area contributed by atoms with Crippen molar-refractivity contribution in [3.05, 3.63) is 23.5 Å². The molecular weight excluding hydrogens is 333 g/mol. The highest BCUT2D eigenvalue weighted by molar-refractivity contribution is 5.81. The summed E-state index contributed by atoms with van der Waals surface area (Å²) in [5.41, 5.74) is -0.580. The molecule has 1 atom stereocenters. The van der Waals surface area contributed by atoms with Crippen LogP contribution in [-0.4, -0.2) is 45.0 Å². The van der Waals surface area contributed by atoms with E-state index < -0.39 is 29.5 Å². The monoisotopic (exact) mass is 357 g/mol. The van der Waals surface area contributed by atoms with Crippen molar-refractivity contribution in [1.82, 2.24) is 5.32 Å². The molecule has 0 aliphatic carbocycles. The quantitative estimate of drug-likeness (QED) is 0.788. The van der Waals surface area contributed by atoms with Crippen LogP contribution in [0, 0.1) is 5.82 Å². The van der Waals surface area contributed by atoms with Crippen LogP contribution in [0.5, 0.6) is 11.5 Å². The summed E-state index contributed by atoms with van der Waals surface area (Å²) in [6.45, 7) is 5.06. The molecule has 1 aromatic rings. The average Bonchev–Trinajstić information content (AvgIpc) is 2.52. The van der Waals surface area contributed by atoms with E-state index in [9.17, 15) is 14.0 Å². The van der Waals surface area contributed by atoms with Crippen molar-refractivity contribution < 1.29 is 32.9 Å². The molecular formula is C17H24FNO6. The fraction of sp³-hybridized carbons (Fsp3) is 0.529. The Morgan fingerprint density at radius 3 is 2.16 bits per heavy atom. The number of amides is 1. The number of methoxy groups -OCH3 is 3. The highest BCUT2D eigenvalue weighted by atomic mass is 19.1.